The highest BCUT2D eigenvalue weighted by Gasteiger charge is 2.24. The first kappa shape index (κ1) is 21.5. The number of hydrogen-bond acceptors (Lipinski definition) is 4. The molecule has 0 aliphatic heterocycles. The largest absolute Gasteiger partial charge is 0.352 e. The third-order valence-corrected chi connectivity index (χ3v) is 5.41. The Balaban J connectivity index is 1.81. The van der Waals surface area contributed by atoms with Crippen molar-refractivity contribution in [2.24, 2.45) is 0 Å². The van der Waals surface area contributed by atoms with Gasteiger partial charge in [0.2, 0.25) is 5.91 Å². The van der Waals surface area contributed by atoms with Gasteiger partial charge in [0.25, 0.3) is 0 Å². The van der Waals surface area contributed by atoms with Gasteiger partial charge < -0.3 is 5.32 Å². The number of rotatable bonds is 8. The number of carbonyl (C=O) groups is 1. The van der Waals surface area contributed by atoms with Crippen LogP contribution in [0.3, 0.4) is 0 Å². The molecular weight excluding hydrogens is 382 g/mol. The number of amides is 1. The van der Waals surface area contributed by atoms with Gasteiger partial charge in [-0.2, -0.15) is 5.10 Å². The summed E-state index contributed by atoms with van der Waals surface area (Å²) in [6.07, 6.45) is 4.00. The van der Waals surface area contributed by atoms with Crippen LogP contribution in [0.25, 0.3) is 11.4 Å². The molecule has 1 N–H and O–H groups in total. The molecule has 156 valence electrons. The zero-order valence-corrected chi connectivity index (χ0v) is 18.6. The van der Waals surface area contributed by atoms with E-state index in [1.165, 1.54) is 5.56 Å². The summed E-state index contributed by atoms with van der Waals surface area (Å²) in [7, 11) is 1.90. The molecule has 7 heteroatoms. The second-order valence-corrected chi connectivity index (χ2v) is 9.19. The van der Waals surface area contributed by atoms with Crippen LogP contribution in [0, 0.1) is 4.77 Å². The summed E-state index contributed by atoms with van der Waals surface area (Å²) < 4.78 is 4.37. The van der Waals surface area contributed by atoms with E-state index in [2.05, 4.69) is 56.9 Å². The Hall–Kier alpha value is -2.25. The van der Waals surface area contributed by atoms with Gasteiger partial charge in [-0.05, 0) is 43.1 Å². The number of carbonyl (C=O) groups excluding carboxylic acids is 1. The van der Waals surface area contributed by atoms with Crippen LogP contribution < -0.4 is 5.32 Å². The molecule has 2 aromatic rings. The highest BCUT2D eigenvalue weighted by Crippen LogP contribution is 2.26. The SMILES string of the molecule is C=CCn1c(-c2ccc(C(C)(C)C)cc2)nn(CN(C)CC(=O)NC2CC2)c1=S. The van der Waals surface area contributed by atoms with Crippen molar-refractivity contribution in [2.75, 3.05) is 13.6 Å². The standard InChI is InChI=1S/C22H31N5OS/c1-6-13-26-20(16-7-9-17(10-8-16)22(2,3)4)24-27(21(26)29)15-25(5)14-19(28)23-18-11-12-18/h6-10,18H,1,11-15H2,2-5H3,(H,23,28). The Morgan fingerprint density at radius 2 is 2.00 bits per heavy atom. The van der Waals surface area contributed by atoms with Crippen molar-refractivity contribution in [1.29, 1.82) is 0 Å². The molecule has 0 bridgehead atoms. The van der Waals surface area contributed by atoms with Crippen molar-refractivity contribution in [3.63, 3.8) is 0 Å². The van der Waals surface area contributed by atoms with Gasteiger partial charge in [-0.1, -0.05) is 51.1 Å². The van der Waals surface area contributed by atoms with Crippen LogP contribution in [-0.2, 0) is 23.4 Å². The highest BCUT2D eigenvalue weighted by molar-refractivity contribution is 7.71. The van der Waals surface area contributed by atoms with Crippen LogP contribution in [0.2, 0.25) is 0 Å². The fourth-order valence-electron chi connectivity index (χ4n) is 3.18. The molecule has 1 fully saturated rings. The summed E-state index contributed by atoms with van der Waals surface area (Å²) in [5.74, 6) is 0.858. The number of aromatic nitrogens is 3. The maximum Gasteiger partial charge on any atom is 0.234 e. The molecule has 1 saturated carbocycles. The summed E-state index contributed by atoms with van der Waals surface area (Å²) in [5, 5.41) is 7.78. The molecule has 6 nitrogen and oxygen atoms in total. The van der Waals surface area contributed by atoms with E-state index in [-0.39, 0.29) is 11.3 Å². The van der Waals surface area contributed by atoms with Crippen LogP contribution in [0.1, 0.15) is 39.2 Å². The molecule has 1 aliphatic rings. The lowest BCUT2D eigenvalue weighted by Gasteiger charge is -2.19. The number of hydrogen-bond donors (Lipinski definition) is 1. The summed E-state index contributed by atoms with van der Waals surface area (Å²) in [6, 6.07) is 8.84. The average Bonchev–Trinajstić information content (AvgIpc) is 3.40. The van der Waals surface area contributed by atoms with Gasteiger partial charge in [-0.15, -0.1) is 6.58 Å². The normalized spacial score (nSPS) is 14.2. The van der Waals surface area contributed by atoms with E-state index in [4.69, 9.17) is 17.3 Å². The molecule has 1 heterocycles. The van der Waals surface area contributed by atoms with Crippen molar-refractivity contribution in [3.8, 4) is 11.4 Å². The van der Waals surface area contributed by atoms with Crippen molar-refractivity contribution in [2.45, 2.75) is 58.3 Å². The van der Waals surface area contributed by atoms with E-state index in [0.29, 0.717) is 30.6 Å². The van der Waals surface area contributed by atoms with E-state index < -0.39 is 0 Å². The van der Waals surface area contributed by atoms with Gasteiger partial charge >= 0.3 is 0 Å². The lowest BCUT2D eigenvalue weighted by atomic mass is 9.87. The monoisotopic (exact) mass is 413 g/mol. The molecule has 0 atom stereocenters. The Bertz CT molecular complexity index is 932. The maximum absolute atomic E-state index is 12.1. The van der Waals surface area contributed by atoms with Crippen LogP contribution in [0.15, 0.2) is 36.9 Å². The topological polar surface area (TPSA) is 55.1 Å². The maximum atomic E-state index is 12.1. The number of nitrogens with zero attached hydrogens (tertiary/aromatic N) is 4. The van der Waals surface area contributed by atoms with E-state index >= 15 is 0 Å². The first-order chi connectivity index (χ1) is 13.7. The van der Waals surface area contributed by atoms with E-state index in [9.17, 15) is 4.79 Å². The molecule has 1 aromatic heterocycles. The first-order valence-electron chi connectivity index (χ1n) is 10.1. The molecular formula is C22H31N5OS. The van der Waals surface area contributed by atoms with Crippen LogP contribution in [-0.4, -0.2) is 44.8 Å². The van der Waals surface area contributed by atoms with Gasteiger partial charge in [-0.25, -0.2) is 4.68 Å². The zero-order chi connectivity index (χ0) is 21.2. The molecule has 1 amide bonds. The highest BCUT2D eigenvalue weighted by atomic mass is 32.1. The predicted octanol–water partition coefficient (Wildman–Crippen LogP) is 3.73. The zero-order valence-electron chi connectivity index (χ0n) is 17.8. The Morgan fingerprint density at radius 3 is 2.55 bits per heavy atom. The second kappa shape index (κ2) is 8.63. The fraction of sp³-hybridized carbons (Fsp3) is 0.500. The number of likely N-dealkylation sites (N-methyl/N-ethyl adjacent to an activating group) is 1. The van der Waals surface area contributed by atoms with Gasteiger partial charge in [-0.3, -0.25) is 14.3 Å². The molecule has 0 spiro atoms. The second-order valence-electron chi connectivity index (χ2n) is 8.83. The quantitative estimate of drug-likeness (QED) is 0.529. The van der Waals surface area contributed by atoms with Gasteiger partial charge in [0.05, 0.1) is 13.2 Å². The number of allylic oxidation sites excluding steroid dienone is 1. The first-order valence-corrected chi connectivity index (χ1v) is 10.5. The summed E-state index contributed by atoms with van der Waals surface area (Å²) >= 11 is 5.66. The third-order valence-electron chi connectivity index (χ3n) is 4.97. The summed E-state index contributed by atoms with van der Waals surface area (Å²) in [6.45, 7) is 11.8. The lowest BCUT2D eigenvalue weighted by molar-refractivity contribution is -0.122. The minimum atomic E-state index is 0.0463. The molecule has 0 unspecified atom stereocenters. The number of benzene rings is 1. The third kappa shape index (κ3) is 5.42. The summed E-state index contributed by atoms with van der Waals surface area (Å²) in [4.78, 5) is 14.0. The minimum absolute atomic E-state index is 0.0463. The van der Waals surface area contributed by atoms with Crippen molar-refractivity contribution in [3.05, 3.63) is 47.3 Å². The van der Waals surface area contributed by atoms with Gasteiger partial charge in [0.15, 0.2) is 10.6 Å². The molecule has 0 radical (unpaired) electrons. The Labute approximate surface area is 178 Å². The van der Waals surface area contributed by atoms with Crippen LogP contribution >= 0.6 is 12.2 Å². The average molecular weight is 414 g/mol. The molecule has 1 aromatic carbocycles. The van der Waals surface area contributed by atoms with E-state index in [0.717, 1.165) is 24.2 Å². The Kier molecular flexibility index (Phi) is 6.39. The molecule has 1 aliphatic carbocycles. The van der Waals surface area contributed by atoms with Crippen LogP contribution in [0.5, 0.6) is 0 Å². The summed E-state index contributed by atoms with van der Waals surface area (Å²) in [5.41, 5.74) is 2.39. The Morgan fingerprint density at radius 1 is 1.34 bits per heavy atom. The van der Waals surface area contributed by atoms with Crippen LogP contribution in [0.4, 0.5) is 0 Å². The van der Waals surface area contributed by atoms with E-state index in [1.807, 2.05) is 22.6 Å². The lowest BCUT2D eigenvalue weighted by Crippen LogP contribution is -2.37. The van der Waals surface area contributed by atoms with E-state index in [1.54, 1.807) is 4.68 Å². The van der Waals surface area contributed by atoms with Gasteiger partial charge in [0, 0.05) is 18.2 Å². The smallest absolute Gasteiger partial charge is 0.234 e. The van der Waals surface area contributed by atoms with Gasteiger partial charge in [0.1, 0.15) is 0 Å². The fourth-order valence-corrected chi connectivity index (χ4v) is 3.44. The van der Waals surface area contributed by atoms with Crippen molar-refractivity contribution in [1.82, 2.24) is 24.6 Å². The molecule has 3 rings (SSSR count). The molecule has 29 heavy (non-hydrogen) atoms. The van der Waals surface area contributed by atoms with Crippen molar-refractivity contribution < 1.29 is 4.79 Å². The predicted molar refractivity (Wildman–Crippen MR) is 119 cm³/mol. The number of nitrogens with one attached hydrogen (secondary N) is 1. The molecule has 0 saturated heterocycles. The minimum Gasteiger partial charge on any atom is -0.352 e. The van der Waals surface area contributed by atoms with Crippen molar-refractivity contribution >= 4 is 18.1 Å².